The van der Waals surface area contributed by atoms with Gasteiger partial charge in [0.15, 0.2) is 11.5 Å². The third kappa shape index (κ3) is 7.55. The summed E-state index contributed by atoms with van der Waals surface area (Å²) in [5.74, 6) is 2.26. The normalized spacial score (nSPS) is 10.5. The first-order valence-electron chi connectivity index (χ1n) is 10.7. The third-order valence-corrected chi connectivity index (χ3v) is 4.72. The average Bonchev–Trinajstić information content (AvgIpc) is 2.76. The minimum Gasteiger partial charge on any atom is -0.494 e. The van der Waals surface area contributed by atoms with Crippen LogP contribution in [0.5, 0.6) is 23.0 Å². The van der Waals surface area contributed by atoms with Crippen molar-refractivity contribution >= 4 is 17.5 Å². The fourth-order valence-electron chi connectivity index (χ4n) is 3.01. The van der Waals surface area contributed by atoms with Crippen LogP contribution in [0, 0.1) is 0 Å². The quantitative estimate of drug-likeness (QED) is 0.379. The standard InChI is InChI=1S/C24H32ClNO5/c1-5-28-21-16-18(17-22(29-6-2)23(21)30-7-3)24(27)26(4)14-8-9-15-31-20-12-10-19(25)11-13-20/h10-13,16-17H,5-9,14-15H2,1-4H3. The van der Waals surface area contributed by atoms with E-state index in [0.29, 0.717) is 60.8 Å². The molecule has 0 bridgehead atoms. The molecule has 0 aliphatic rings. The van der Waals surface area contributed by atoms with E-state index >= 15 is 0 Å². The number of rotatable bonds is 13. The molecule has 0 heterocycles. The molecule has 2 aromatic carbocycles. The predicted octanol–water partition coefficient (Wildman–Crippen LogP) is 5.47. The Kier molecular flexibility index (Phi) is 10.3. The van der Waals surface area contributed by atoms with Gasteiger partial charge in [0, 0.05) is 24.2 Å². The van der Waals surface area contributed by atoms with E-state index in [1.807, 2.05) is 32.9 Å². The van der Waals surface area contributed by atoms with E-state index < -0.39 is 0 Å². The molecule has 0 spiro atoms. The second kappa shape index (κ2) is 13.0. The number of amides is 1. The second-order valence-electron chi connectivity index (χ2n) is 6.84. The van der Waals surface area contributed by atoms with E-state index in [1.54, 1.807) is 36.2 Å². The molecule has 0 N–H and O–H groups in total. The third-order valence-electron chi connectivity index (χ3n) is 4.47. The molecule has 170 valence electrons. The zero-order valence-corrected chi connectivity index (χ0v) is 19.5. The van der Waals surface area contributed by atoms with Gasteiger partial charge in [-0.05, 0) is 70.0 Å². The average molecular weight is 450 g/mol. The first kappa shape index (κ1) is 24.7. The molecule has 0 unspecified atom stereocenters. The van der Waals surface area contributed by atoms with Crippen LogP contribution in [-0.2, 0) is 0 Å². The lowest BCUT2D eigenvalue weighted by molar-refractivity contribution is 0.0789. The summed E-state index contributed by atoms with van der Waals surface area (Å²) in [6, 6.07) is 10.7. The predicted molar refractivity (Wildman–Crippen MR) is 123 cm³/mol. The minimum atomic E-state index is -0.0939. The van der Waals surface area contributed by atoms with Crippen LogP contribution < -0.4 is 18.9 Å². The molecular formula is C24H32ClNO5. The Morgan fingerprint density at radius 1 is 0.871 bits per heavy atom. The fourth-order valence-corrected chi connectivity index (χ4v) is 3.13. The molecule has 0 atom stereocenters. The molecule has 1 amide bonds. The van der Waals surface area contributed by atoms with Crippen molar-refractivity contribution in [2.24, 2.45) is 0 Å². The van der Waals surface area contributed by atoms with Gasteiger partial charge in [0.1, 0.15) is 5.75 Å². The van der Waals surface area contributed by atoms with Gasteiger partial charge in [0.05, 0.1) is 26.4 Å². The lowest BCUT2D eigenvalue weighted by atomic mass is 10.1. The fraction of sp³-hybridized carbons (Fsp3) is 0.458. The molecule has 0 radical (unpaired) electrons. The Bertz CT molecular complexity index is 798. The molecule has 2 rings (SSSR count). The number of hydrogen-bond donors (Lipinski definition) is 0. The lowest BCUT2D eigenvalue weighted by Gasteiger charge is -2.20. The summed E-state index contributed by atoms with van der Waals surface area (Å²) in [5.41, 5.74) is 0.510. The van der Waals surface area contributed by atoms with Crippen molar-refractivity contribution in [3.05, 3.63) is 47.0 Å². The number of carbonyl (C=O) groups is 1. The maximum atomic E-state index is 13.0. The zero-order valence-electron chi connectivity index (χ0n) is 18.8. The van der Waals surface area contributed by atoms with Crippen LogP contribution in [0.2, 0.25) is 5.02 Å². The monoisotopic (exact) mass is 449 g/mol. The van der Waals surface area contributed by atoms with Gasteiger partial charge in [-0.1, -0.05) is 11.6 Å². The molecule has 0 saturated heterocycles. The van der Waals surface area contributed by atoms with Crippen LogP contribution in [0.3, 0.4) is 0 Å². The van der Waals surface area contributed by atoms with Gasteiger partial charge in [-0.15, -0.1) is 0 Å². The number of unbranched alkanes of at least 4 members (excludes halogenated alkanes) is 1. The van der Waals surface area contributed by atoms with Crippen molar-refractivity contribution in [3.63, 3.8) is 0 Å². The highest BCUT2D eigenvalue weighted by Crippen LogP contribution is 2.39. The van der Waals surface area contributed by atoms with Gasteiger partial charge in [-0.2, -0.15) is 0 Å². The SMILES string of the molecule is CCOc1cc(C(=O)N(C)CCCCOc2ccc(Cl)cc2)cc(OCC)c1OCC. The topological polar surface area (TPSA) is 57.2 Å². The molecule has 0 saturated carbocycles. The van der Waals surface area contributed by atoms with E-state index in [1.165, 1.54) is 0 Å². The van der Waals surface area contributed by atoms with Crippen molar-refractivity contribution in [3.8, 4) is 23.0 Å². The molecule has 31 heavy (non-hydrogen) atoms. The van der Waals surface area contributed by atoms with Gasteiger partial charge >= 0.3 is 0 Å². The summed E-state index contributed by atoms with van der Waals surface area (Å²) >= 11 is 5.87. The molecule has 6 nitrogen and oxygen atoms in total. The van der Waals surface area contributed by atoms with Crippen LogP contribution in [0.1, 0.15) is 44.0 Å². The lowest BCUT2D eigenvalue weighted by Crippen LogP contribution is -2.28. The Morgan fingerprint density at radius 3 is 2.00 bits per heavy atom. The molecule has 0 fully saturated rings. The molecule has 0 aromatic heterocycles. The summed E-state index contributed by atoms with van der Waals surface area (Å²) in [6.45, 7) is 8.28. The first-order valence-corrected chi connectivity index (χ1v) is 11.1. The summed E-state index contributed by atoms with van der Waals surface area (Å²) in [7, 11) is 1.79. The number of hydrogen-bond acceptors (Lipinski definition) is 5. The molecule has 7 heteroatoms. The van der Waals surface area contributed by atoms with Crippen molar-refractivity contribution in [1.82, 2.24) is 4.90 Å². The van der Waals surface area contributed by atoms with Crippen molar-refractivity contribution < 1.29 is 23.7 Å². The Labute approximate surface area is 190 Å². The van der Waals surface area contributed by atoms with Gasteiger partial charge in [-0.25, -0.2) is 0 Å². The molecule has 2 aromatic rings. The van der Waals surface area contributed by atoms with E-state index in [-0.39, 0.29) is 5.91 Å². The van der Waals surface area contributed by atoms with Crippen molar-refractivity contribution in [1.29, 1.82) is 0 Å². The van der Waals surface area contributed by atoms with Gasteiger partial charge in [-0.3, -0.25) is 4.79 Å². The van der Waals surface area contributed by atoms with Crippen LogP contribution in [0.25, 0.3) is 0 Å². The van der Waals surface area contributed by atoms with E-state index in [2.05, 4.69) is 0 Å². The molecular weight excluding hydrogens is 418 g/mol. The van der Waals surface area contributed by atoms with Crippen LogP contribution in [-0.4, -0.2) is 50.8 Å². The summed E-state index contributed by atoms with van der Waals surface area (Å²) in [5, 5.41) is 0.682. The summed E-state index contributed by atoms with van der Waals surface area (Å²) < 4.78 is 22.8. The van der Waals surface area contributed by atoms with Crippen molar-refractivity contribution in [2.45, 2.75) is 33.6 Å². The summed E-state index contributed by atoms with van der Waals surface area (Å²) in [4.78, 5) is 14.7. The number of carbonyl (C=O) groups excluding carboxylic acids is 1. The Balaban J connectivity index is 1.96. The Morgan fingerprint density at radius 2 is 1.45 bits per heavy atom. The van der Waals surface area contributed by atoms with Crippen LogP contribution in [0.4, 0.5) is 0 Å². The Hall–Kier alpha value is -2.60. The van der Waals surface area contributed by atoms with Crippen molar-refractivity contribution in [2.75, 3.05) is 40.0 Å². The highest BCUT2D eigenvalue weighted by Gasteiger charge is 2.20. The number of ether oxygens (including phenoxy) is 4. The molecule has 0 aliphatic heterocycles. The van der Waals surface area contributed by atoms with Gasteiger partial charge in [0.25, 0.3) is 5.91 Å². The van der Waals surface area contributed by atoms with Gasteiger partial charge < -0.3 is 23.8 Å². The zero-order chi connectivity index (χ0) is 22.6. The van der Waals surface area contributed by atoms with Crippen LogP contribution in [0.15, 0.2) is 36.4 Å². The second-order valence-corrected chi connectivity index (χ2v) is 7.27. The maximum absolute atomic E-state index is 13.0. The highest BCUT2D eigenvalue weighted by molar-refractivity contribution is 6.30. The van der Waals surface area contributed by atoms with E-state index in [9.17, 15) is 4.79 Å². The van der Waals surface area contributed by atoms with E-state index in [0.717, 1.165) is 18.6 Å². The minimum absolute atomic E-state index is 0.0939. The molecule has 0 aliphatic carbocycles. The number of nitrogens with zero attached hydrogens (tertiary/aromatic N) is 1. The first-order chi connectivity index (χ1) is 15.0. The highest BCUT2D eigenvalue weighted by atomic mass is 35.5. The number of benzene rings is 2. The summed E-state index contributed by atoms with van der Waals surface area (Å²) in [6.07, 6.45) is 1.65. The van der Waals surface area contributed by atoms with Crippen LogP contribution >= 0.6 is 11.6 Å². The smallest absolute Gasteiger partial charge is 0.253 e. The number of halogens is 1. The maximum Gasteiger partial charge on any atom is 0.253 e. The largest absolute Gasteiger partial charge is 0.494 e. The van der Waals surface area contributed by atoms with E-state index in [4.69, 9.17) is 30.5 Å². The van der Waals surface area contributed by atoms with Gasteiger partial charge in [0.2, 0.25) is 5.75 Å².